The number of esters is 1. The second-order valence-electron chi connectivity index (χ2n) is 4.27. The van der Waals surface area contributed by atoms with Crippen LogP contribution in [0, 0.1) is 5.92 Å². The highest BCUT2D eigenvalue weighted by Crippen LogP contribution is 2.38. The predicted octanol–water partition coefficient (Wildman–Crippen LogP) is 2.05. The molecule has 0 aromatic heterocycles. The molecule has 0 radical (unpaired) electrons. The minimum Gasteiger partial charge on any atom is -0.469 e. The molecule has 2 N–H and O–H groups in total. The Morgan fingerprint density at radius 3 is 2.67 bits per heavy atom. The topological polar surface area (TPSA) is 52.3 Å². The lowest BCUT2D eigenvalue weighted by molar-refractivity contribution is -0.145. The summed E-state index contributed by atoms with van der Waals surface area (Å²) >= 11 is 0. The van der Waals surface area contributed by atoms with Gasteiger partial charge in [0.2, 0.25) is 0 Å². The molecule has 6 heteroatoms. The Kier molecular flexibility index (Phi) is 3.06. The Balaban J connectivity index is 2.35. The van der Waals surface area contributed by atoms with Crippen LogP contribution in [0.3, 0.4) is 0 Å². The SMILES string of the molecule is COC(=O)C1Cc2cc(C(F)(F)F)ccc2C1N. The molecule has 18 heavy (non-hydrogen) atoms. The molecule has 0 aliphatic heterocycles. The third-order valence-electron chi connectivity index (χ3n) is 3.21. The van der Waals surface area contributed by atoms with Gasteiger partial charge in [0.15, 0.2) is 0 Å². The molecule has 3 nitrogen and oxygen atoms in total. The van der Waals surface area contributed by atoms with Crippen LogP contribution in [0.5, 0.6) is 0 Å². The molecule has 1 aromatic carbocycles. The first-order valence-corrected chi connectivity index (χ1v) is 5.38. The highest BCUT2D eigenvalue weighted by molar-refractivity contribution is 5.75. The molecule has 2 unspecified atom stereocenters. The van der Waals surface area contributed by atoms with Gasteiger partial charge in [-0.3, -0.25) is 4.79 Å². The largest absolute Gasteiger partial charge is 0.469 e. The minimum absolute atomic E-state index is 0.188. The van der Waals surface area contributed by atoms with Gasteiger partial charge >= 0.3 is 12.1 Å². The van der Waals surface area contributed by atoms with Gasteiger partial charge in [-0.05, 0) is 29.7 Å². The molecular formula is C12H12F3NO2. The van der Waals surface area contributed by atoms with Crippen LogP contribution in [0.25, 0.3) is 0 Å². The van der Waals surface area contributed by atoms with Gasteiger partial charge < -0.3 is 10.5 Å². The first kappa shape index (κ1) is 12.9. The van der Waals surface area contributed by atoms with Crippen LogP contribution in [0.2, 0.25) is 0 Å². The van der Waals surface area contributed by atoms with E-state index in [4.69, 9.17) is 5.73 Å². The number of benzene rings is 1. The van der Waals surface area contributed by atoms with Crippen molar-refractivity contribution in [3.8, 4) is 0 Å². The molecule has 0 fully saturated rings. The molecule has 1 aromatic rings. The molecule has 1 aliphatic carbocycles. The maximum Gasteiger partial charge on any atom is 0.416 e. The van der Waals surface area contributed by atoms with Crippen LogP contribution < -0.4 is 5.73 Å². The average molecular weight is 259 g/mol. The number of methoxy groups -OCH3 is 1. The number of fused-ring (bicyclic) bond motifs is 1. The summed E-state index contributed by atoms with van der Waals surface area (Å²) in [5, 5.41) is 0. The lowest BCUT2D eigenvalue weighted by Gasteiger charge is -2.13. The summed E-state index contributed by atoms with van der Waals surface area (Å²) in [4.78, 5) is 11.5. The number of hydrogen-bond acceptors (Lipinski definition) is 3. The van der Waals surface area contributed by atoms with Crippen molar-refractivity contribution in [2.45, 2.75) is 18.6 Å². The summed E-state index contributed by atoms with van der Waals surface area (Å²) in [5.74, 6) is -1.10. The van der Waals surface area contributed by atoms with Gasteiger partial charge in [-0.25, -0.2) is 0 Å². The summed E-state index contributed by atoms with van der Waals surface area (Å²) in [5.41, 5.74) is 6.17. The molecule has 0 saturated heterocycles. The number of ether oxygens (including phenoxy) is 1. The van der Waals surface area contributed by atoms with Gasteiger partial charge in [0.05, 0.1) is 18.6 Å². The molecule has 0 saturated carbocycles. The number of rotatable bonds is 1. The molecule has 2 rings (SSSR count). The quantitative estimate of drug-likeness (QED) is 0.785. The third kappa shape index (κ3) is 2.08. The zero-order valence-electron chi connectivity index (χ0n) is 9.62. The Morgan fingerprint density at radius 2 is 2.11 bits per heavy atom. The van der Waals surface area contributed by atoms with E-state index in [1.165, 1.54) is 13.2 Å². The van der Waals surface area contributed by atoms with E-state index >= 15 is 0 Å². The smallest absolute Gasteiger partial charge is 0.416 e. The Morgan fingerprint density at radius 1 is 1.44 bits per heavy atom. The highest BCUT2D eigenvalue weighted by Gasteiger charge is 2.38. The molecule has 1 aliphatic rings. The van der Waals surface area contributed by atoms with Crippen LogP contribution in [0.1, 0.15) is 22.7 Å². The molecule has 2 atom stereocenters. The molecular weight excluding hydrogens is 247 g/mol. The van der Waals surface area contributed by atoms with E-state index in [-0.39, 0.29) is 6.42 Å². The highest BCUT2D eigenvalue weighted by atomic mass is 19.4. The van der Waals surface area contributed by atoms with Crippen LogP contribution in [-0.2, 0) is 22.1 Å². The van der Waals surface area contributed by atoms with Crippen molar-refractivity contribution in [2.75, 3.05) is 7.11 Å². The number of carbonyl (C=O) groups is 1. The van der Waals surface area contributed by atoms with Gasteiger partial charge in [0.25, 0.3) is 0 Å². The van der Waals surface area contributed by atoms with Crippen LogP contribution in [0.15, 0.2) is 18.2 Å². The van der Waals surface area contributed by atoms with Crippen LogP contribution in [-0.4, -0.2) is 13.1 Å². The standard InChI is InChI=1S/C12H12F3NO2/c1-18-11(17)9-5-6-4-7(12(13,14)15)2-3-8(6)10(9)16/h2-4,9-10H,5,16H2,1H3. The van der Waals surface area contributed by atoms with Crippen molar-refractivity contribution >= 4 is 5.97 Å². The van der Waals surface area contributed by atoms with E-state index in [0.717, 1.165) is 12.1 Å². The van der Waals surface area contributed by atoms with Gasteiger partial charge in [0.1, 0.15) is 0 Å². The van der Waals surface area contributed by atoms with Gasteiger partial charge in [-0.15, -0.1) is 0 Å². The minimum atomic E-state index is -4.39. The summed E-state index contributed by atoms with van der Waals surface area (Å²) < 4.78 is 42.2. The first-order valence-electron chi connectivity index (χ1n) is 5.38. The van der Waals surface area contributed by atoms with E-state index in [0.29, 0.717) is 11.1 Å². The predicted molar refractivity (Wildman–Crippen MR) is 57.6 cm³/mol. The van der Waals surface area contributed by atoms with E-state index in [1.54, 1.807) is 0 Å². The van der Waals surface area contributed by atoms with E-state index in [9.17, 15) is 18.0 Å². The van der Waals surface area contributed by atoms with Gasteiger partial charge in [-0.2, -0.15) is 13.2 Å². The molecule has 0 spiro atoms. The number of alkyl halides is 3. The summed E-state index contributed by atoms with van der Waals surface area (Å²) in [6.07, 6.45) is -4.20. The van der Waals surface area contributed by atoms with Crippen LogP contribution >= 0.6 is 0 Å². The Labute approximate surface area is 102 Å². The summed E-state index contributed by atoms with van der Waals surface area (Å²) in [6, 6.07) is 2.78. The van der Waals surface area contributed by atoms with Crippen LogP contribution in [0.4, 0.5) is 13.2 Å². The summed E-state index contributed by atoms with van der Waals surface area (Å²) in [7, 11) is 1.24. The van der Waals surface area contributed by atoms with E-state index < -0.39 is 29.7 Å². The normalized spacial score (nSPS) is 22.7. The fraction of sp³-hybridized carbons (Fsp3) is 0.417. The number of halogens is 3. The lowest BCUT2D eigenvalue weighted by atomic mass is 10.0. The Bertz CT molecular complexity index is 485. The van der Waals surface area contributed by atoms with Crippen molar-refractivity contribution in [1.82, 2.24) is 0 Å². The zero-order valence-corrected chi connectivity index (χ0v) is 9.62. The van der Waals surface area contributed by atoms with Crippen molar-refractivity contribution < 1.29 is 22.7 Å². The zero-order chi connectivity index (χ0) is 13.5. The van der Waals surface area contributed by atoms with Crippen molar-refractivity contribution in [3.05, 3.63) is 34.9 Å². The number of carbonyl (C=O) groups excluding carboxylic acids is 1. The van der Waals surface area contributed by atoms with Gasteiger partial charge in [0, 0.05) is 6.04 Å². The lowest BCUT2D eigenvalue weighted by Crippen LogP contribution is -2.25. The fourth-order valence-electron chi connectivity index (χ4n) is 2.25. The van der Waals surface area contributed by atoms with E-state index in [2.05, 4.69) is 4.74 Å². The monoisotopic (exact) mass is 259 g/mol. The third-order valence-corrected chi connectivity index (χ3v) is 3.21. The maximum absolute atomic E-state index is 12.6. The van der Waals surface area contributed by atoms with Crippen molar-refractivity contribution in [3.63, 3.8) is 0 Å². The number of hydrogen-bond donors (Lipinski definition) is 1. The average Bonchev–Trinajstić information content (AvgIpc) is 2.64. The fourth-order valence-corrected chi connectivity index (χ4v) is 2.25. The second kappa shape index (κ2) is 4.28. The number of nitrogens with two attached hydrogens (primary N) is 1. The molecule has 0 amide bonds. The van der Waals surface area contributed by atoms with Crippen molar-refractivity contribution in [2.24, 2.45) is 11.7 Å². The van der Waals surface area contributed by atoms with E-state index in [1.807, 2.05) is 0 Å². The summed E-state index contributed by atoms with van der Waals surface area (Å²) in [6.45, 7) is 0. The Hall–Kier alpha value is -1.56. The first-order chi connectivity index (χ1) is 8.34. The van der Waals surface area contributed by atoms with Gasteiger partial charge in [-0.1, -0.05) is 6.07 Å². The maximum atomic E-state index is 12.6. The second-order valence-corrected chi connectivity index (χ2v) is 4.27. The van der Waals surface area contributed by atoms with Crippen molar-refractivity contribution in [1.29, 1.82) is 0 Å². The molecule has 0 bridgehead atoms. The molecule has 98 valence electrons. The molecule has 0 heterocycles.